The van der Waals surface area contributed by atoms with E-state index in [-0.39, 0.29) is 61.4 Å². The van der Waals surface area contributed by atoms with Crippen LogP contribution in [0.5, 0.6) is 0 Å². The van der Waals surface area contributed by atoms with Crippen molar-refractivity contribution >= 4 is 80.3 Å². The maximum Gasteiger partial charge on any atom is 0.138 e. The molecule has 2 aliphatic rings. The number of aromatic amines is 2. The molecule has 0 bridgehead atoms. The Morgan fingerprint density at radius 1 is 0.423 bits per heavy atom. The van der Waals surface area contributed by atoms with Crippen molar-refractivity contribution in [2.24, 2.45) is 0 Å². The monoisotopic (exact) mass is 1090 g/mol. The van der Waals surface area contributed by atoms with E-state index >= 15 is 0 Å². The van der Waals surface area contributed by atoms with E-state index in [9.17, 15) is 0 Å². The van der Waals surface area contributed by atoms with Gasteiger partial charge in [0.1, 0.15) is 22.7 Å². The molecular weight excluding hydrogens is 1020 g/mol. The van der Waals surface area contributed by atoms with Gasteiger partial charge < -0.3 is 30.7 Å². The Balaban J connectivity index is 0.000000267. The van der Waals surface area contributed by atoms with Gasteiger partial charge in [0.15, 0.2) is 0 Å². The van der Waals surface area contributed by atoms with E-state index in [1.54, 1.807) is 24.8 Å². The summed E-state index contributed by atoms with van der Waals surface area (Å²) >= 11 is 0. The molecule has 0 radical (unpaired) electrons. The van der Waals surface area contributed by atoms with Gasteiger partial charge in [-0.15, -0.1) is 24.8 Å². The number of hydrogen-bond acceptors (Lipinski definition) is 10. The van der Waals surface area contributed by atoms with Gasteiger partial charge in [-0.05, 0) is 81.6 Å². The van der Waals surface area contributed by atoms with Crippen LogP contribution in [0.25, 0.3) is 66.9 Å². The van der Waals surface area contributed by atoms with Gasteiger partial charge in [-0.3, -0.25) is 29.7 Å². The minimum atomic E-state index is 0. The summed E-state index contributed by atoms with van der Waals surface area (Å²) in [5, 5.41) is 0. The van der Waals surface area contributed by atoms with Crippen molar-refractivity contribution < 1.29 is 11.0 Å². The van der Waals surface area contributed by atoms with E-state index in [2.05, 4.69) is 212 Å². The first-order valence-corrected chi connectivity index (χ1v) is 25.4. The van der Waals surface area contributed by atoms with Crippen LogP contribution in [0, 0.1) is 0 Å². The fourth-order valence-electron chi connectivity index (χ4n) is 10.1. The Bertz CT molecular complexity index is 3270. The standard InChI is InChI=1S/2C30H32N6.2CH4.2ClH.2H2O/c2*1-30(2,3)23-10-8-22(9-11-23)29-33-25-5-4-6-27(28(25)34-29)36-17-15-35(16-18-36)20-21-7-12-24-26(19-21)32-14-13-31-24;;;;;;/h2*4-14,19H,15-18,20H2,1-3H3,(H,33,34);2*1H4;2*1H;2*1H2. The van der Waals surface area contributed by atoms with Crippen molar-refractivity contribution in [2.45, 2.75) is 80.3 Å². The number of anilines is 2. The Hall–Kier alpha value is -7.04. The average molecular weight is 1090 g/mol. The number of para-hydroxylation sites is 2. The molecule has 0 amide bonds. The third kappa shape index (κ3) is 13.6. The number of rotatable bonds is 8. The number of fused-ring (bicyclic) bond motifs is 4. The van der Waals surface area contributed by atoms with Crippen molar-refractivity contribution in [2.75, 3.05) is 62.2 Å². The van der Waals surface area contributed by atoms with Gasteiger partial charge in [0.05, 0.1) is 44.5 Å². The number of benzene rings is 6. The van der Waals surface area contributed by atoms with Crippen LogP contribution >= 0.6 is 24.8 Å². The zero-order valence-corrected chi connectivity index (χ0v) is 45.8. The Labute approximate surface area is 472 Å². The highest BCUT2D eigenvalue weighted by atomic mass is 35.5. The maximum absolute atomic E-state index is 5.04. The molecule has 2 saturated heterocycles. The molecule has 412 valence electrons. The second kappa shape index (κ2) is 26.1. The summed E-state index contributed by atoms with van der Waals surface area (Å²) in [6, 6.07) is 43.3. The first-order chi connectivity index (χ1) is 34.9. The van der Waals surface area contributed by atoms with E-state index < -0.39 is 0 Å². The molecule has 16 heteroatoms. The van der Waals surface area contributed by atoms with E-state index in [1.807, 2.05) is 0 Å². The molecule has 0 unspecified atom stereocenters. The van der Waals surface area contributed by atoms with Crippen molar-refractivity contribution in [3.05, 3.63) is 168 Å². The summed E-state index contributed by atoms with van der Waals surface area (Å²) in [5.74, 6) is 1.85. The van der Waals surface area contributed by atoms with Gasteiger partial charge in [0.2, 0.25) is 0 Å². The van der Waals surface area contributed by atoms with Gasteiger partial charge in [-0.1, -0.05) is 129 Å². The maximum atomic E-state index is 5.04. The summed E-state index contributed by atoms with van der Waals surface area (Å²) in [6.45, 7) is 23.3. The molecule has 12 rings (SSSR count). The lowest BCUT2D eigenvalue weighted by Gasteiger charge is -2.36. The molecular formula is C62H78Cl2N12O2. The van der Waals surface area contributed by atoms with Crippen LogP contribution in [0.2, 0.25) is 0 Å². The molecule has 0 atom stereocenters. The lowest BCUT2D eigenvalue weighted by Crippen LogP contribution is -2.46. The van der Waals surface area contributed by atoms with E-state index in [1.165, 1.54) is 33.6 Å². The molecule has 0 saturated carbocycles. The molecule has 0 spiro atoms. The smallest absolute Gasteiger partial charge is 0.138 e. The van der Waals surface area contributed by atoms with E-state index in [4.69, 9.17) is 9.97 Å². The Morgan fingerprint density at radius 3 is 1.12 bits per heavy atom. The van der Waals surface area contributed by atoms with Crippen LogP contribution in [0.1, 0.15) is 78.6 Å². The van der Waals surface area contributed by atoms with Crippen LogP contribution in [0.4, 0.5) is 11.4 Å². The zero-order chi connectivity index (χ0) is 49.4. The van der Waals surface area contributed by atoms with Gasteiger partial charge in [-0.2, -0.15) is 0 Å². The van der Waals surface area contributed by atoms with Gasteiger partial charge in [-0.25, -0.2) is 9.97 Å². The summed E-state index contributed by atoms with van der Waals surface area (Å²) in [6.07, 6.45) is 7.00. The van der Waals surface area contributed by atoms with Crippen LogP contribution in [-0.4, -0.2) is 113 Å². The van der Waals surface area contributed by atoms with Gasteiger partial charge in [0.25, 0.3) is 0 Å². The topological polar surface area (TPSA) is 185 Å². The number of halogens is 2. The molecule has 14 nitrogen and oxygen atoms in total. The predicted molar refractivity (Wildman–Crippen MR) is 330 cm³/mol. The molecule has 4 aromatic heterocycles. The third-order valence-electron chi connectivity index (χ3n) is 14.3. The fourth-order valence-corrected chi connectivity index (χ4v) is 10.1. The zero-order valence-electron chi connectivity index (χ0n) is 44.2. The normalized spacial score (nSPS) is 14.0. The predicted octanol–water partition coefficient (Wildman–Crippen LogP) is 12.1. The minimum Gasteiger partial charge on any atom is -0.412 e. The molecule has 10 aromatic rings. The first kappa shape index (κ1) is 61.8. The number of nitrogens with zero attached hydrogens (tertiary/aromatic N) is 10. The average Bonchev–Trinajstić information content (AvgIpc) is 4.09. The van der Waals surface area contributed by atoms with Crippen molar-refractivity contribution in [3.8, 4) is 22.8 Å². The number of aromatic nitrogens is 8. The third-order valence-corrected chi connectivity index (χ3v) is 14.3. The number of imidazole rings is 2. The van der Waals surface area contributed by atoms with E-state index in [0.29, 0.717) is 0 Å². The second-order valence-corrected chi connectivity index (χ2v) is 21.5. The lowest BCUT2D eigenvalue weighted by atomic mass is 9.87. The number of nitrogens with one attached hydrogen (secondary N) is 2. The van der Waals surface area contributed by atoms with Crippen LogP contribution < -0.4 is 9.80 Å². The van der Waals surface area contributed by atoms with Crippen LogP contribution in [0.15, 0.2) is 146 Å². The number of piperazine rings is 2. The minimum absolute atomic E-state index is 0. The summed E-state index contributed by atoms with van der Waals surface area (Å²) in [7, 11) is 0. The van der Waals surface area contributed by atoms with Crippen molar-refractivity contribution in [1.82, 2.24) is 49.7 Å². The highest BCUT2D eigenvalue weighted by Gasteiger charge is 2.23. The molecule has 6 heterocycles. The molecule has 6 N–H and O–H groups in total. The van der Waals surface area contributed by atoms with Crippen LogP contribution in [0.3, 0.4) is 0 Å². The van der Waals surface area contributed by atoms with Crippen molar-refractivity contribution in [3.63, 3.8) is 0 Å². The molecule has 2 fully saturated rings. The molecule has 78 heavy (non-hydrogen) atoms. The summed E-state index contributed by atoms with van der Waals surface area (Å²) in [5.41, 5.74) is 18.3. The number of H-pyrrole nitrogens is 2. The van der Waals surface area contributed by atoms with Crippen molar-refractivity contribution in [1.29, 1.82) is 0 Å². The van der Waals surface area contributed by atoms with Crippen LogP contribution in [-0.2, 0) is 23.9 Å². The first-order valence-electron chi connectivity index (χ1n) is 25.4. The fraction of sp³-hybridized carbons (Fsp3) is 0.323. The molecule has 0 aliphatic carbocycles. The second-order valence-electron chi connectivity index (χ2n) is 21.5. The molecule has 2 aliphatic heterocycles. The quantitative estimate of drug-likeness (QED) is 0.148. The largest absolute Gasteiger partial charge is 0.412 e. The van der Waals surface area contributed by atoms with E-state index in [0.717, 1.165) is 132 Å². The highest BCUT2D eigenvalue weighted by Crippen LogP contribution is 2.33. The number of hydrogen-bond donors (Lipinski definition) is 2. The SMILES string of the molecule is C.C.CC(C)(C)c1ccc(-c2nc3c(N4CCN(Cc5ccc6nccnc6c5)CC4)cccc3[nH]2)cc1.CC(C)(C)c1ccc(-c2nc3c(N4CCN(Cc5ccc6nccnc6c5)CC4)cccc3[nH]2)cc1.Cl.Cl.O.O. The van der Waals surface area contributed by atoms with Gasteiger partial charge >= 0.3 is 0 Å². The lowest BCUT2D eigenvalue weighted by molar-refractivity contribution is 0.250. The summed E-state index contributed by atoms with van der Waals surface area (Å²) in [4.78, 5) is 44.8. The Kier molecular flexibility index (Phi) is 20.7. The highest BCUT2D eigenvalue weighted by molar-refractivity contribution is 5.92. The molecule has 6 aromatic carbocycles. The van der Waals surface area contributed by atoms with Gasteiger partial charge in [0, 0.05) is 101 Å². The Morgan fingerprint density at radius 2 is 0.769 bits per heavy atom. The summed E-state index contributed by atoms with van der Waals surface area (Å²) < 4.78 is 0.